The number of carboxylic acid groups (broad SMARTS) is 1. The highest BCUT2D eigenvalue weighted by atomic mass is 32.2. The summed E-state index contributed by atoms with van der Waals surface area (Å²) in [7, 11) is -2.60. The third kappa shape index (κ3) is 3.44. The lowest BCUT2D eigenvalue weighted by Gasteiger charge is -2.15. The molecule has 3 aromatic rings. The first-order chi connectivity index (χ1) is 12.3. The van der Waals surface area contributed by atoms with Gasteiger partial charge in [-0.3, -0.25) is 4.79 Å². The summed E-state index contributed by atoms with van der Waals surface area (Å²) < 4.78 is 25.6. The molecule has 0 unspecified atom stereocenters. The maximum Gasteiger partial charge on any atom is 0.318 e. The molecule has 26 heavy (non-hydrogen) atoms. The van der Waals surface area contributed by atoms with Gasteiger partial charge in [0.05, 0.1) is 16.1 Å². The lowest BCUT2D eigenvalue weighted by atomic mass is 10.1. The van der Waals surface area contributed by atoms with Gasteiger partial charge in [0.1, 0.15) is 6.54 Å². The molecule has 0 atom stereocenters. The van der Waals surface area contributed by atoms with Crippen LogP contribution in [-0.2, 0) is 14.8 Å². The van der Waals surface area contributed by atoms with Gasteiger partial charge in [-0.2, -0.15) is 4.31 Å². The molecular formula is C19H18N2O4S. The topological polar surface area (TPSA) is 87.6 Å². The van der Waals surface area contributed by atoms with E-state index in [9.17, 15) is 13.2 Å². The van der Waals surface area contributed by atoms with Crippen LogP contribution in [0.5, 0.6) is 0 Å². The number of para-hydroxylation sites is 1. The van der Waals surface area contributed by atoms with E-state index in [4.69, 9.17) is 5.11 Å². The Kier molecular flexibility index (Phi) is 4.76. The smallest absolute Gasteiger partial charge is 0.318 e. The monoisotopic (exact) mass is 370 g/mol. The number of aryl methyl sites for hydroxylation is 1. The molecule has 6 nitrogen and oxygen atoms in total. The number of hydrogen-bond donors (Lipinski definition) is 1. The van der Waals surface area contributed by atoms with E-state index >= 15 is 0 Å². The van der Waals surface area contributed by atoms with Crippen LogP contribution in [0, 0.1) is 6.92 Å². The van der Waals surface area contributed by atoms with Crippen molar-refractivity contribution < 1.29 is 18.3 Å². The second-order valence-electron chi connectivity index (χ2n) is 6.02. The number of fused-ring (bicyclic) bond motifs is 1. The molecule has 0 bridgehead atoms. The van der Waals surface area contributed by atoms with Crippen molar-refractivity contribution >= 4 is 26.9 Å². The van der Waals surface area contributed by atoms with Crippen molar-refractivity contribution in [2.75, 3.05) is 13.6 Å². The lowest BCUT2D eigenvalue weighted by molar-refractivity contribution is -0.137. The maximum atomic E-state index is 12.4. The Hall–Kier alpha value is -2.77. The number of carboxylic acids is 1. The first-order valence-electron chi connectivity index (χ1n) is 7.94. The number of pyridine rings is 1. The van der Waals surface area contributed by atoms with Gasteiger partial charge < -0.3 is 5.11 Å². The molecule has 1 heterocycles. The molecule has 134 valence electrons. The van der Waals surface area contributed by atoms with Crippen LogP contribution >= 0.6 is 0 Å². The number of aliphatic carboxylic acids is 1. The average molecular weight is 370 g/mol. The zero-order chi connectivity index (χ0) is 18.9. The number of likely N-dealkylation sites (N-methyl/N-ethyl adjacent to an activating group) is 1. The van der Waals surface area contributed by atoms with Crippen molar-refractivity contribution in [3.8, 4) is 11.3 Å². The van der Waals surface area contributed by atoms with Gasteiger partial charge in [0, 0.05) is 18.0 Å². The minimum Gasteiger partial charge on any atom is -0.480 e. The molecule has 0 radical (unpaired) electrons. The van der Waals surface area contributed by atoms with Crippen LogP contribution in [0.25, 0.3) is 22.2 Å². The zero-order valence-corrected chi connectivity index (χ0v) is 15.2. The van der Waals surface area contributed by atoms with E-state index in [1.165, 1.54) is 19.2 Å². The van der Waals surface area contributed by atoms with Crippen molar-refractivity contribution in [3.05, 3.63) is 60.2 Å². The predicted octanol–water partition coefficient (Wildman–Crippen LogP) is 2.92. The van der Waals surface area contributed by atoms with Gasteiger partial charge in [-0.05, 0) is 36.8 Å². The van der Waals surface area contributed by atoms with Gasteiger partial charge in [-0.1, -0.05) is 30.3 Å². The molecule has 0 saturated heterocycles. The summed E-state index contributed by atoms with van der Waals surface area (Å²) in [5.41, 5.74) is 3.51. The first kappa shape index (κ1) is 18.0. The largest absolute Gasteiger partial charge is 0.480 e. The highest BCUT2D eigenvalue weighted by molar-refractivity contribution is 7.89. The van der Waals surface area contributed by atoms with Crippen molar-refractivity contribution in [1.82, 2.24) is 9.29 Å². The van der Waals surface area contributed by atoms with Crippen LogP contribution < -0.4 is 0 Å². The Morgan fingerprint density at radius 2 is 1.77 bits per heavy atom. The van der Waals surface area contributed by atoms with Crippen LogP contribution in [0.15, 0.2) is 59.5 Å². The number of benzene rings is 2. The highest BCUT2D eigenvalue weighted by Gasteiger charge is 2.22. The van der Waals surface area contributed by atoms with E-state index < -0.39 is 22.5 Å². The second-order valence-corrected chi connectivity index (χ2v) is 8.07. The summed E-state index contributed by atoms with van der Waals surface area (Å²) in [5.74, 6) is -1.21. The van der Waals surface area contributed by atoms with Gasteiger partial charge >= 0.3 is 5.97 Å². The number of hydrogen-bond acceptors (Lipinski definition) is 4. The Balaban J connectivity index is 1.96. The van der Waals surface area contributed by atoms with Crippen LogP contribution in [0.4, 0.5) is 0 Å². The Morgan fingerprint density at radius 1 is 1.12 bits per heavy atom. The molecular weight excluding hydrogens is 352 g/mol. The fourth-order valence-electron chi connectivity index (χ4n) is 2.75. The molecule has 0 spiro atoms. The third-order valence-electron chi connectivity index (χ3n) is 4.14. The van der Waals surface area contributed by atoms with Crippen LogP contribution in [0.3, 0.4) is 0 Å². The third-order valence-corrected chi connectivity index (χ3v) is 5.96. The summed E-state index contributed by atoms with van der Waals surface area (Å²) in [6, 6.07) is 16.1. The number of rotatable bonds is 5. The van der Waals surface area contributed by atoms with E-state index in [1.54, 1.807) is 12.1 Å². The SMILES string of the molecule is Cc1cc(-c2ccc(S(=O)(=O)N(C)CC(=O)O)cc2)nc2ccccc12. The first-order valence-corrected chi connectivity index (χ1v) is 9.38. The molecule has 0 amide bonds. The van der Waals surface area contributed by atoms with Crippen molar-refractivity contribution in [2.45, 2.75) is 11.8 Å². The van der Waals surface area contributed by atoms with Gasteiger partial charge in [-0.25, -0.2) is 13.4 Å². The quantitative estimate of drug-likeness (QED) is 0.746. The van der Waals surface area contributed by atoms with E-state index in [1.807, 2.05) is 37.3 Å². The van der Waals surface area contributed by atoms with E-state index in [2.05, 4.69) is 4.98 Å². The van der Waals surface area contributed by atoms with Gasteiger partial charge in [0.25, 0.3) is 0 Å². The molecule has 1 N–H and O–H groups in total. The summed E-state index contributed by atoms with van der Waals surface area (Å²) in [5, 5.41) is 9.86. The molecule has 0 fully saturated rings. The van der Waals surface area contributed by atoms with Crippen LogP contribution in [0.2, 0.25) is 0 Å². The van der Waals surface area contributed by atoms with Gasteiger partial charge in [-0.15, -0.1) is 0 Å². The van der Waals surface area contributed by atoms with Crippen LogP contribution in [-0.4, -0.2) is 42.4 Å². The standard InChI is InChI=1S/C19H18N2O4S/c1-13-11-18(20-17-6-4-3-5-16(13)17)14-7-9-15(10-8-14)26(24,25)21(2)12-19(22)23/h3-11H,12H2,1-2H3,(H,22,23). The average Bonchev–Trinajstić information content (AvgIpc) is 2.61. The van der Waals surface area contributed by atoms with E-state index in [0.29, 0.717) is 0 Å². The Morgan fingerprint density at radius 3 is 2.42 bits per heavy atom. The molecule has 7 heteroatoms. The number of sulfonamides is 1. The summed E-state index contributed by atoms with van der Waals surface area (Å²) in [6.07, 6.45) is 0. The Labute approximate surface area is 151 Å². The fraction of sp³-hybridized carbons (Fsp3) is 0.158. The van der Waals surface area contributed by atoms with Crippen LogP contribution in [0.1, 0.15) is 5.56 Å². The summed E-state index contributed by atoms with van der Waals surface area (Å²) >= 11 is 0. The molecule has 3 rings (SSSR count). The number of carbonyl (C=O) groups is 1. The van der Waals surface area contributed by atoms with E-state index in [0.717, 1.165) is 32.0 Å². The number of aromatic nitrogens is 1. The maximum absolute atomic E-state index is 12.4. The minimum absolute atomic E-state index is 0.0440. The fourth-order valence-corrected chi connectivity index (χ4v) is 3.87. The normalized spacial score (nSPS) is 11.8. The van der Waals surface area contributed by atoms with Crippen molar-refractivity contribution in [3.63, 3.8) is 0 Å². The summed E-state index contributed by atoms with van der Waals surface area (Å²) in [6.45, 7) is 1.42. The van der Waals surface area contributed by atoms with Gasteiger partial charge in [0.15, 0.2) is 0 Å². The van der Waals surface area contributed by atoms with E-state index in [-0.39, 0.29) is 4.90 Å². The molecule has 0 aliphatic rings. The Bertz CT molecular complexity index is 1080. The number of nitrogens with zero attached hydrogens (tertiary/aromatic N) is 2. The molecule has 1 aromatic heterocycles. The molecule has 0 aliphatic heterocycles. The van der Waals surface area contributed by atoms with Gasteiger partial charge in [0.2, 0.25) is 10.0 Å². The predicted molar refractivity (Wildman–Crippen MR) is 99.4 cm³/mol. The van der Waals surface area contributed by atoms with Crippen molar-refractivity contribution in [1.29, 1.82) is 0 Å². The second kappa shape index (κ2) is 6.86. The molecule has 0 aliphatic carbocycles. The minimum atomic E-state index is -3.84. The van der Waals surface area contributed by atoms with Crippen molar-refractivity contribution in [2.24, 2.45) is 0 Å². The molecule has 0 saturated carbocycles. The zero-order valence-electron chi connectivity index (χ0n) is 14.4. The lowest BCUT2D eigenvalue weighted by Crippen LogP contribution is -2.31. The summed E-state index contributed by atoms with van der Waals surface area (Å²) in [4.78, 5) is 15.4. The highest BCUT2D eigenvalue weighted by Crippen LogP contribution is 2.25. The molecule has 2 aromatic carbocycles.